The molecule has 2 N–H and O–H groups in total. The molecule has 5 nitrogen and oxygen atoms in total. The van der Waals surface area contributed by atoms with Crippen LogP contribution in [-0.4, -0.2) is 16.7 Å². The zero-order chi connectivity index (χ0) is 18.0. The maximum absolute atomic E-state index is 12.7. The largest absolute Gasteiger partial charge is 0.344 e. The third kappa shape index (κ3) is 3.90. The quantitative estimate of drug-likeness (QED) is 0.859. The van der Waals surface area contributed by atoms with E-state index in [2.05, 4.69) is 24.1 Å². The standard InChI is InChI=1S/C19H22N2O3S/c1-11(2)9-15(17-7-4-8-25-17)21-19(24)13-10-12-14(20-18(13)23)5-3-6-16(12)22/h4,7-8,10-11,15H,3,5-6,9H2,1-2H3,(H,20,23)(H,21,24)/t15-/m0/s1. The lowest BCUT2D eigenvalue weighted by atomic mass is 9.93. The number of aromatic nitrogens is 1. The molecular weight excluding hydrogens is 336 g/mol. The van der Waals surface area contributed by atoms with E-state index in [0.29, 0.717) is 30.0 Å². The number of hydrogen-bond donors (Lipinski definition) is 2. The summed E-state index contributed by atoms with van der Waals surface area (Å²) in [4.78, 5) is 40.9. The molecule has 0 radical (unpaired) electrons. The Labute approximate surface area is 150 Å². The van der Waals surface area contributed by atoms with Gasteiger partial charge in [-0.25, -0.2) is 0 Å². The van der Waals surface area contributed by atoms with Gasteiger partial charge in [0.2, 0.25) is 0 Å². The van der Waals surface area contributed by atoms with Gasteiger partial charge in [-0.1, -0.05) is 19.9 Å². The predicted molar refractivity (Wildman–Crippen MR) is 98.3 cm³/mol. The number of hydrogen-bond acceptors (Lipinski definition) is 4. The lowest BCUT2D eigenvalue weighted by Crippen LogP contribution is -2.34. The van der Waals surface area contributed by atoms with E-state index in [1.807, 2.05) is 17.5 Å². The maximum atomic E-state index is 12.7. The minimum absolute atomic E-state index is 0.0106. The summed E-state index contributed by atoms with van der Waals surface area (Å²) in [6.07, 6.45) is 2.66. The molecule has 1 atom stereocenters. The highest BCUT2D eigenvalue weighted by Gasteiger charge is 2.24. The van der Waals surface area contributed by atoms with Crippen LogP contribution in [-0.2, 0) is 6.42 Å². The number of nitrogens with one attached hydrogen (secondary N) is 2. The topological polar surface area (TPSA) is 79.0 Å². The van der Waals surface area contributed by atoms with E-state index in [4.69, 9.17) is 0 Å². The molecule has 3 rings (SSSR count). The number of Topliss-reactive ketones (excluding diaryl/α,β-unsaturated/α-hetero) is 1. The number of pyridine rings is 1. The van der Waals surface area contributed by atoms with Gasteiger partial charge < -0.3 is 10.3 Å². The molecule has 0 spiro atoms. The second-order valence-corrected chi connectivity index (χ2v) is 7.83. The molecule has 2 aromatic rings. The van der Waals surface area contributed by atoms with Crippen LogP contribution in [0.15, 0.2) is 28.4 Å². The fourth-order valence-corrected chi connectivity index (χ4v) is 3.98. The third-order valence-electron chi connectivity index (χ3n) is 4.40. The number of amides is 1. The van der Waals surface area contributed by atoms with E-state index in [-0.39, 0.29) is 17.4 Å². The van der Waals surface area contributed by atoms with E-state index >= 15 is 0 Å². The molecule has 25 heavy (non-hydrogen) atoms. The Bertz CT molecular complexity index is 837. The van der Waals surface area contributed by atoms with Crippen molar-refractivity contribution in [1.29, 1.82) is 0 Å². The van der Waals surface area contributed by atoms with Gasteiger partial charge in [0, 0.05) is 22.6 Å². The molecule has 2 aromatic heterocycles. The first-order valence-corrected chi connectivity index (χ1v) is 9.47. The number of ketones is 1. The van der Waals surface area contributed by atoms with Gasteiger partial charge in [0.15, 0.2) is 5.78 Å². The molecule has 0 unspecified atom stereocenters. The first-order valence-electron chi connectivity index (χ1n) is 8.59. The number of rotatable bonds is 5. The Morgan fingerprint density at radius 2 is 2.12 bits per heavy atom. The Balaban J connectivity index is 1.88. The fourth-order valence-electron chi connectivity index (χ4n) is 3.19. The summed E-state index contributed by atoms with van der Waals surface area (Å²) in [6, 6.07) is 5.26. The van der Waals surface area contributed by atoms with E-state index in [9.17, 15) is 14.4 Å². The van der Waals surface area contributed by atoms with Crippen molar-refractivity contribution < 1.29 is 9.59 Å². The number of thiophene rings is 1. The van der Waals surface area contributed by atoms with E-state index in [0.717, 1.165) is 17.7 Å². The Hall–Kier alpha value is -2.21. The SMILES string of the molecule is CC(C)C[C@H](NC(=O)c1cc2c([nH]c1=O)CCCC2=O)c1cccs1. The number of carbonyl (C=O) groups is 2. The minimum atomic E-state index is -0.430. The summed E-state index contributed by atoms with van der Waals surface area (Å²) in [7, 11) is 0. The lowest BCUT2D eigenvalue weighted by molar-refractivity contribution is 0.0931. The maximum Gasteiger partial charge on any atom is 0.261 e. The van der Waals surface area contributed by atoms with Gasteiger partial charge in [-0.3, -0.25) is 14.4 Å². The zero-order valence-corrected chi connectivity index (χ0v) is 15.2. The van der Waals surface area contributed by atoms with Crippen molar-refractivity contribution in [3.05, 3.63) is 55.6 Å². The van der Waals surface area contributed by atoms with Crippen LogP contribution in [0.25, 0.3) is 0 Å². The molecule has 0 fully saturated rings. The zero-order valence-electron chi connectivity index (χ0n) is 14.4. The van der Waals surface area contributed by atoms with Crippen LogP contribution in [0.3, 0.4) is 0 Å². The van der Waals surface area contributed by atoms with Crippen molar-refractivity contribution in [2.24, 2.45) is 5.92 Å². The van der Waals surface area contributed by atoms with Gasteiger partial charge >= 0.3 is 0 Å². The van der Waals surface area contributed by atoms with Crippen LogP contribution in [0.1, 0.15) is 70.4 Å². The molecule has 0 bridgehead atoms. The van der Waals surface area contributed by atoms with E-state index < -0.39 is 11.5 Å². The first-order chi connectivity index (χ1) is 12.0. The molecule has 0 aliphatic heterocycles. The molecule has 2 heterocycles. The van der Waals surface area contributed by atoms with Crippen LogP contribution in [0.4, 0.5) is 0 Å². The summed E-state index contributed by atoms with van der Waals surface area (Å²) in [5.74, 6) is -0.0409. The van der Waals surface area contributed by atoms with Crippen molar-refractivity contribution in [2.75, 3.05) is 0 Å². The molecule has 1 amide bonds. The number of carbonyl (C=O) groups excluding carboxylic acids is 2. The highest BCUT2D eigenvalue weighted by molar-refractivity contribution is 7.10. The number of aromatic amines is 1. The summed E-state index contributed by atoms with van der Waals surface area (Å²) in [6.45, 7) is 4.19. The predicted octanol–water partition coefficient (Wildman–Crippen LogP) is 3.47. The second-order valence-electron chi connectivity index (χ2n) is 6.85. The van der Waals surface area contributed by atoms with Crippen molar-refractivity contribution in [3.8, 4) is 0 Å². The second kappa shape index (κ2) is 7.35. The van der Waals surface area contributed by atoms with Gasteiger partial charge in [-0.2, -0.15) is 0 Å². The van der Waals surface area contributed by atoms with Gasteiger partial charge in [0.25, 0.3) is 11.5 Å². The van der Waals surface area contributed by atoms with Crippen LogP contribution in [0, 0.1) is 5.92 Å². The number of fused-ring (bicyclic) bond motifs is 1. The highest BCUT2D eigenvalue weighted by Crippen LogP contribution is 2.26. The van der Waals surface area contributed by atoms with E-state index in [1.54, 1.807) is 11.3 Å². The van der Waals surface area contributed by atoms with Gasteiger partial charge in [-0.15, -0.1) is 11.3 Å². The van der Waals surface area contributed by atoms with E-state index in [1.165, 1.54) is 6.07 Å². The van der Waals surface area contributed by atoms with Crippen molar-refractivity contribution in [2.45, 2.75) is 45.6 Å². The monoisotopic (exact) mass is 358 g/mol. The van der Waals surface area contributed by atoms with Crippen LogP contribution in [0.2, 0.25) is 0 Å². The molecule has 6 heteroatoms. The number of H-pyrrole nitrogens is 1. The first kappa shape index (κ1) is 17.6. The molecule has 0 saturated carbocycles. The Morgan fingerprint density at radius 3 is 2.80 bits per heavy atom. The third-order valence-corrected chi connectivity index (χ3v) is 5.38. The molecule has 1 aliphatic rings. The summed E-state index contributed by atoms with van der Waals surface area (Å²) in [5.41, 5.74) is 0.710. The summed E-state index contributed by atoms with van der Waals surface area (Å²) >= 11 is 1.58. The van der Waals surface area contributed by atoms with Gasteiger partial charge in [0.1, 0.15) is 5.56 Å². The minimum Gasteiger partial charge on any atom is -0.344 e. The van der Waals surface area contributed by atoms with Crippen LogP contribution in [0.5, 0.6) is 0 Å². The van der Waals surface area contributed by atoms with Crippen molar-refractivity contribution in [3.63, 3.8) is 0 Å². The Morgan fingerprint density at radius 1 is 1.32 bits per heavy atom. The van der Waals surface area contributed by atoms with Crippen molar-refractivity contribution >= 4 is 23.0 Å². The fraction of sp³-hybridized carbons (Fsp3) is 0.421. The molecule has 132 valence electrons. The Kier molecular flexibility index (Phi) is 5.18. The summed E-state index contributed by atoms with van der Waals surface area (Å²) in [5, 5.41) is 4.94. The number of aryl methyl sites for hydroxylation is 1. The van der Waals surface area contributed by atoms with Gasteiger partial charge in [-0.05, 0) is 42.7 Å². The van der Waals surface area contributed by atoms with Crippen LogP contribution < -0.4 is 10.9 Å². The molecular formula is C19H22N2O3S. The molecule has 0 aromatic carbocycles. The molecule has 1 aliphatic carbocycles. The smallest absolute Gasteiger partial charge is 0.261 e. The summed E-state index contributed by atoms with van der Waals surface area (Å²) < 4.78 is 0. The lowest BCUT2D eigenvalue weighted by Gasteiger charge is -2.20. The molecule has 0 saturated heterocycles. The highest BCUT2D eigenvalue weighted by atomic mass is 32.1. The van der Waals surface area contributed by atoms with Crippen molar-refractivity contribution in [1.82, 2.24) is 10.3 Å². The van der Waals surface area contributed by atoms with Crippen LogP contribution >= 0.6 is 11.3 Å². The average molecular weight is 358 g/mol. The van der Waals surface area contributed by atoms with Gasteiger partial charge in [0.05, 0.1) is 6.04 Å². The average Bonchev–Trinajstić information content (AvgIpc) is 3.08. The normalized spacial score (nSPS) is 15.1.